The lowest BCUT2D eigenvalue weighted by Crippen LogP contribution is -2.38. The Morgan fingerprint density at radius 1 is 1.46 bits per heavy atom. The van der Waals surface area contributed by atoms with Gasteiger partial charge in [-0.25, -0.2) is 0 Å². The molecule has 8 heteroatoms. The lowest BCUT2D eigenvalue weighted by atomic mass is 10.1. The van der Waals surface area contributed by atoms with Crippen LogP contribution in [0.1, 0.15) is 0 Å². The highest BCUT2D eigenvalue weighted by atomic mass is 19.4. The normalized spacial score (nSPS) is 17.3. The lowest BCUT2D eigenvalue weighted by Gasteiger charge is -2.22. The predicted molar refractivity (Wildman–Crippen MR) is 39.5 cm³/mol. The smallest absolute Gasteiger partial charge is 0.408 e. The number of allylic oxidation sites excluding steroid dienone is 1. The summed E-state index contributed by atoms with van der Waals surface area (Å²) in [7, 11) is -1.96. The predicted octanol–water partition coefficient (Wildman–Crippen LogP) is -0.254. The highest BCUT2D eigenvalue weighted by Crippen LogP contribution is 2.25. The fourth-order valence-corrected chi connectivity index (χ4v) is 0.772. The lowest BCUT2D eigenvalue weighted by molar-refractivity contribution is -0.0866. The van der Waals surface area contributed by atoms with Gasteiger partial charge in [0.2, 0.25) is 0 Å². The molecule has 72 valence electrons. The highest BCUT2D eigenvalue weighted by Gasteiger charge is 2.35. The van der Waals surface area contributed by atoms with Crippen molar-refractivity contribution in [3.8, 4) is 0 Å². The summed E-state index contributed by atoms with van der Waals surface area (Å²) in [4.78, 5) is 3.98. The fraction of sp³-hybridized carbons (Fsp3) is 0.400. The first-order valence-corrected chi connectivity index (χ1v) is 3.32. The van der Waals surface area contributed by atoms with Crippen LogP contribution in [-0.4, -0.2) is 41.2 Å². The van der Waals surface area contributed by atoms with Crippen molar-refractivity contribution in [1.82, 2.24) is 4.81 Å². The van der Waals surface area contributed by atoms with Gasteiger partial charge in [0.25, 0.3) is 0 Å². The van der Waals surface area contributed by atoms with Crippen LogP contribution in [0.2, 0.25) is 0 Å². The zero-order chi connectivity index (χ0) is 10.1. The van der Waals surface area contributed by atoms with Gasteiger partial charge in [0.05, 0.1) is 5.57 Å². The summed E-state index contributed by atoms with van der Waals surface area (Å²) in [6, 6.07) is 0. The summed E-state index contributed by atoms with van der Waals surface area (Å²) < 4.78 is 36.1. The third kappa shape index (κ3) is 2.46. The summed E-state index contributed by atoms with van der Waals surface area (Å²) >= 11 is 0. The highest BCUT2D eigenvalue weighted by molar-refractivity contribution is 6.38. The Labute approximate surface area is 72.2 Å². The molecule has 0 saturated carbocycles. The Morgan fingerprint density at radius 3 is 2.54 bits per heavy atom. The first kappa shape index (κ1) is 10.1. The van der Waals surface area contributed by atoms with Gasteiger partial charge in [-0.2, -0.15) is 13.2 Å². The number of rotatable bonds is 1. The van der Waals surface area contributed by atoms with Gasteiger partial charge < -0.3 is 14.9 Å². The van der Waals surface area contributed by atoms with Gasteiger partial charge in [0.15, 0.2) is 0 Å². The Hall–Kier alpha value is -1.02. The second-order valence-corrected chi connectivity index (χ2v) is 2.40. The Balaban J connectivity index is 2.81. The van der Waals surface area contributed by atoms with Crippen LogP contribution in [0.25, 0.3) is 0 Å². The van der Waals surface area contributed by atoms with E-state index in [1.165, 1.54) is 0 Å². The molecule has 0 amide bonds. The minimum Gasteiger partial charge on any atom is -0.408 e. The number of alkyl halides is 3. The van der Waals surface area contributed by atoms with Crippen LogP contribution in [0.3, 0.4) is 0 Å². The average Bonchev–Trinajstić information content (AvgIpc) is 2.03. The van der Waals surface area contributed by atoms with Crippen molar-refractivity contribution >= 4 is 13.5 Å². The van der Waals surface area contributed by atoms with Gasteiger partial charge in [-0.3, -0.25) is 4.99 Å². The molecule has 0 fully saturated rings. The summed E-state index contributed by atoms with van der Waals surface area (Å²) in [5, 5.41) is 17.1. The van der Waals surface area contributed by atoms with E-state index in [2.05, 4.69) is 4.99 Å². The van der Waals surface area contributed by atoms with Gasteiger partial charge in [-0.1, -0.05) is 0 Å². The number of nitrogens with zero attached hydrogens (tertiary/aromatic N) is 2. The average molecular weight is 194 g/mol. The van der Waals surface area contributed by atoms with E-state index < -0.39 is 19.0 Å². The van der Waals surface area contributed by atoms with Crippen LogP contribution in [-0.2, 0) is 0 Å². The standard InChI is InChI=1S/C5H6BF3N2O2/c7-5(8,9)4-1-10-3-11(2-4)6(12)13/h1-2,12-13H,3H2. The summed E-state index contributed by atoms with van der Waals surface area (Å²) in [6.07, 6.45) is -3.26. The topological polar surface area (TPSA) is 56.1 Å². The van der Waals surface area contributed by atoms with E-state index in [1.807, 2.05) is 0 Å². The first-order valence-electron chi connectivity index (χ1n) is 3.32. The molecule has 4 nitrogen and oxygen atoms in total. The van der Waals surface area contributed by atoms with Gasteiger partial charge in [-0.05, 0) is 0 Å². The second-order valence-electron chi connectivity index (χ2n) is 2.40. The van der Waals surface area contributed by atoms with Crippen LogP contribution in [0.15, 0.2) is 16.8 Å². The van der Waals surface area contributed by atoms with Crippen LogP contribution in [0, 0.1) is 0 Å². The molecule has 0 aliphatic carbocycles. The minimum absolute atomic E-state index is 0.197. The van der Waals surface area contributed by atoms with E-state index in [4.69, 9.17) is 10.0 Å². The molecule has 1 rings (SSSR count). The van der Waals surface area contributed by atoms with Crippen molar-refractivity contribution in [2.75, 3.05) is 6.67 Å². The van der Waals surface area contributed by atoms with Crippen molar-refractivity contribution in [3.05, 3.63) is 11.8 Å². The maximum Gasteiger partial charge on any atom is 0.588 e. The van der Waals surface area contributed by atoms with E-state index in [-0.39, 0.29) is 6.67 Å². The van der Waals surface area contributed by atoms with Crippen LogP contribution >= 0.6 is 0 Å². The van der Waals surface area contributed by atoms with Crippen molar-refractivity contribution in [3.63, 3.8) is 0 Å². The zero-order valence-electron chi connectivity index (χ0n) is 6.36. The SMILES string of the molecule is OB(O)N1C=C(C(F)(F)F)C=NC1. The monoisotopic (exact) mass is 194 g/mol. The molecule has 0 radical (unpaired) electrons. The van der Waals surface area contributed by atoms with E-state index in [1.54, 1.807) is 0 Å². The summed E-state index contributed by atoms with van der Waals surface area (Å²) in [6.45, 7) is -0.197. The van der Waals surface area contributed by atoms with Crippen LogP contribution in [0.5, 0.6) is 0 Å². The van der Waals surface area contributed by atoms with Crippen molar-refractivity contribution in [2.45, 2.75) is 6.18 Å². The van der Waals surface area contributed by atoms with Crippen molar-refractivity contribution in [1.29, 1.82) is 0 Å². The van der Waals surface area contributed by atoms with Gasteiger partial charge in [0, 0.05) is 12.4 Å². The number of hydrogen-bond donors (Lipinski definition) is 2. The first-order chi connectivity index (χ1) is 5.91. The number of hydrogen-bond acceptors (Lipinski definition) is 4. The van der Waals surface area contributed by atoms with Gasteiger partial charge >= 0.3 is 13.4 Å². The largest absolute Gasteiger partial charge is 0.588 e. The van der Waals surface area contributed by atoms with E-state index >= 15 is 0 Å². The van der Waals surface area contributed by atoms with E-state index in [0.717, 1.165) is 0 Å². The maximum atomic E-state index is 12.0. The number of aliphatic imine (C=N–C) groups is 1. The molecule has 0 aromatic heterocycles. The van der Waals surface area contributed by atoms with Crippen molar-refractivity contribution in [2.24, 2.45) is 4.99 Å². The molecule has 0 unspecified atom stereocenters. The molecule has 0 aromatic rings. The molecule has 0 bridgehead atoms. The maximum absolute atomic E-state index is 12.0. The fourth-order valence-electron chi connectivity index (χ4n) is 0.772. The molecule has 0 atom stereocenters. The quantitative estimate of drug-likeness (QED) is 0.565. The molecule has 1 aliphatic heterocycles. The van der Waals surface area contributed by atoms with Crippen molar-refractivity contribution < 1.29 is 23.2 Å². The number of halogens is 3. The molecule has 0 aromatic carbocycles. The molecular weight excluding hydrogens is 188 g/mol. The van der Waals surface area contributed by atoms with Gasteiger partial charge in [0.1, 0.15) is 6.67 Å². The van der Waals surface area contributed by atoms with Crippen LogP contribution < -0.4 is 0 Å². The molecule has 0 spiro atoms. The molecule has 1 heterocycles. The van der Waals surface area contributed by atoms with Crippen LogP contribution in [0.4, 0.5) is 13.2 Å². The second kappa shape index (κ2) is 3.39. The van der Waals surface area contributed by atoms with E-state index in [9.17, 15) is 13.2 Å². The zero-order valence-corrected chi connectivity index (χ0v) is 6.36. The van der Waals surface area contributed by atoms with Gasteiger partial charge in [-0.15, -0.1) is 0 Å². The van der Waals surface area contributed by atoms with E-state index in [0.29, 0.717) is 17.2 Å². The molecule has 13 heavy (non-hydrogen) atoms. The third-order valence-corrected chi connectivity index (χ3v) is 1.40. The molecule has 2 N–H and O–H groups in total. The Kier molecular flexibility index (Phi) is 2.62. The summed E-state index contributed by atoms with van der Waals surface area (Å²) in [5.41, 5.74) is -1.01. The molecule has 0 saturated heterocycles. The third-order valence-electron chi connectivity index (χ3n) is 1.40. The molecular formula is C5H6BF3N2O2. The molecule has 1 aliphatic rings. The summed E-state index contributed by atoms with van der Waals surface area (Å²) in [5.74, 6) is 0. The Bertz CT molecular complexity index is 251. The minimum atomic E-state index is -4.52. The Morgan fingerprint density at radius 2 is 2.08 bits per heavy atom.